The van der Waals surface area contributed by atoms with Crippen molar-refractivity contribution in [2.75, 3.05) is 12.0 Å². The van der Waals surface area contributed by atoms with Crippen LogP contribution < -0.4 is 9.64 Å². The van der Waals surface area contributed by atoms with E-state index in [1.54, 1.807) is 48.7 Å². The number of ether oxygens (including phenoxy) is 1. The Hall–Kier alpha value is -4.76. The minimum absolute atomic E-state index is 0.0348. The second-order valence-electron chi connectivity index (χ2n) is 8.21. The summed E-state index contributed by atoms with van der Waals surface area (Å²) in [7, 11) is 1.51. The lowest BCUT2D eigenvalue weighted by Crippen LogP contribution is -2.29. The van der Waals surface area contributed by atoms with Crippen LogP contribution in [0.1, 0.15) is 27.5 Å². The van der Waals surface area contributed by atoms with Crippen LogP contribution >= 0.6 is 11.3 Å². The van der Waals surface area contributed by atoms with E-state index in [0.717, 1.165) is 10.6 Å². The zero-order chi connectivity index (χ0) is 26.1. The maximum absolute atomic E-state index is 13.3. The number of benzene rings is 3. The van der Waals surface area contributed by atoms with Crippen LogP contribution in [-0.4, -0.2) is 40.0 Å². The molecule has 2 N–H and O–H groups in total. The Labute approximate surface area is 215 Å². The summed E-state index contributed by atoms with van der Waals surface area (Å²) in [5, 5.41) is 23.4. The Kier molecular flexibility index (Phi) is 6.29. The van der Waals surface area contributed by atoms with Crippen molar-refractivity contribution in [1.82, 2.24) is 4.98 Å². The number of aromatic nitrogens is 1. The van der Waals surface area contributed by atoms with Gasteiger partial charge in [-0.05, 0) is 48.0 Å². The van der Waals surface area contributed by atoms with Gasteiger partial charge in [-0.3, -0.25) is 14.5 Å². The van der Waals surface area contributed by atoms with Gasteiger partial charge in [0.2, 0.25) is 0 Å². The van der Waals surface area contributed by atoms with Crippen molar-refractivity contribution in [2.24, 2.45) is 0 Å². The molecule has 37 heavy (non-hydrogen) atoms. The highest BCUT2D eigenvalue weighted by molar-refractivity contribution is 7.13. The monoisotopic (exact) mass is 512 g/mol. The van der Waals surface area contributed by atoms with Crippen LogP contribution in [0.2, 0.25) is 0 Å². The van der Waals surface area contributed by atoms with E-state index in [4.69, 9.17) is 4.74 Å². The van der Waals surface area contributed by atoms with Crippen molar-refractivity contribution >= 4 is 40.4 Å². The number of aliphatic hydroxyl groups excluding tert-OH is 1. The summed E-state index contributed by atoms with van der Waals surface area (Å²) in [4.78, 5) is 43.8. The van der Waals surface area contributed by atoms with E-state index in [9.17, 15) is 24.6 Å². The summed E-state index contributed by atoms with van der Waals surface area (Å²) in [6.45, 7) is 0. The number of methoxy groups -OCH3 is 1. The predicted octanol–water partition coefficient (Wildman–Crippen LogP) is 5.14. The van der Waals surface area contributed by atoms with E-state index in [2.05, 4.69) is 4.98 Å². The number of thiazole rings is 1. The van der Waals surface area contributed by atoms with Gasteiger partial charge >= 0.3 is 5.97 Å². The molecule has 1 atom stereocenters. The maximum atomic E-state index is 13.3. The number of aromatic carboxylic acids is 1. The molecular weight excluding hydrogens is 492 g/mol. The number of amides is 1. The van der Waals surface area contributed by atoms with E-state index in [-0.39, 0.29) is 22.6 Å². The molecule has 1 aliphatic heterocycles. The molecular formula is C28H20N2O6S. The number of carbonyl (C=O) groups excluding carboxylic acids is 2. The first kappa shape index (κ1) is 24.0. The molecule has 1 fully saturated rings. The van der Waals surface area contributed by atoms with E-state index >= 15 is 0 Å². The number of ketones is 1. The average Bonchev–Trinajstić information content (AvgIpc) is 3.56. The summed E-state index contributed by atoms with van der Waals surface area (Å²) in [5.41, 5.74) is 1.85. The average molecular weight is 513 g/mol. The third-order valence-electron chi connectivity index (χ3n) is 6.08. The normalized spacial score (nSPS) is 16.7. The molecule has 0 spiro atoms. The largest absolute Gasteiger partial charge is 0.507 e. The molecule has 1 aromatic heterocycles. The van der Waals surface area contributed by atoms with Crippen LogP contribution in [-0.2, 0) is 9.59 Å². The third kappa shape index (κ3) is 4.36. The van der Waals surface area contributed by atoms with Crippen molar-refractivity contribution < 1.29 is 29.3 Å². The summed E-state index contributed by atoms with van der Waals surface area (Å²) in [5.74, 6) is -2.68. The summed E-state index contributed by atoms with van der Waals surface area (Å²) in [6.07, 6.45) is 1.70. The SMILES string of the molecule is COc1ccc(C(O)=C2C(=O)C(=O)N(c3cccc(C(=O)O)c3)C2c2ccc(-c3nccs3)cc2)cc1. The van der Waals surface area contributed by atoms with Crippen LogP contribution in [0, 0.1) is 0 Å². The van der Waals surface area contributed by atoms with Crippen molar-refractivity contribution in [3.63, 3.8) is 0 Å². The van der Waals surface area contributed by atoms with Gasteiger partial charge in [-0.25, -0.2) is 9.78 Å². The highest BCUT2D eigenvalue weighted by Gasteiger charge is 2.47. The molecule has 1 unspecified atom stereocenters. The lowest BCUT2D eigenvalue weighted by Gasteiger charge is -2.26. The first-order valence-electron chi connectivity index (χ1n) is 11.2. The first-order valence-corrected chi connectivity index (χ1v) is 12.1. The highest BCUT2D eigenvalue weighted by Crippen LogP contribution is 2.43. The second kappa shape index (κ2) is 9.71. The van der Waals surface area contributed by atoms with Gasteiger partial charge in [-0.15, -0.1) is 11.3 Å². The second-order valence-corrected chi connectivity index (χ2v) is 9.11. The third-order valence-corrected chi connectivity index (χ3v) is 6.91. The fourth-order valence-electron chi connectivity index (χ4n) is 4.28. The van der Waals surface area contributed by atoms with Gasteiger partial charge in [-0.1, -0.05) is 30.3 Å². The molecule has 4 aromatic rings. The zero-order valence-electron chi connectivity index (χ0n) is 19.5. The quantitative estimate of drug-likeness (QED) is 0.209. The first-order chi connectivity index (χ1) is 17.9. The van der Waals surface area contributed by atoms with Gasteiger partial charge in [0.15, 0.2) is 0 Å². The standard InChI is InChI=1S/C28H20N2O6S/c1-36-21-11-9-17(10-12-21)24(31)22-23(16-5-7-18(8-6-16)26-29-13-14-37-26)30(27(33)25(22)32)20-4-2-3-19(15-20)28(34)35/h2-15,23,31H,1H3,(H,34,35). The minimum atomic E-state index is -1.17. The Morgan fingerprint density at radius 1 is 0.973 bits per heavy atom. The molecule has 8 nitrogen and oxygen atoms in total. The number of hydrogen-bond acceptors (Lipinski definition) is 7. The van der Waals surface area contributed by atoms with Gasteiger partial charge in [0, 0.05) is 28.4 Å². The molecule has 1 saturated heterocycles. The summed E-state index contributed by atoms with van der Waals surface area (Å²) in [6, 6.07) is 18.5. The molecule has 3 aromatic carbocycles. The number of anilines is 1. The number of hydrogen-bond donors (Lipinski definition) is 2. The van der Waals surface area contributed by atoms with Gasteiger partial charge in [0.1, 0.15) is 16.5 Å². The molecule has 2 heterocycles. The summed E-state index contributed by atoms with van der Waals surface area (Å²) >= 11 is 1.48. The molecule has 0 saturated carbocycles. The minimum Gasteiger partial charge on any atom is -0.507 e. The van der Waals surface area contributed by atoms with E-state index in [1.165, 1.54) is 41.5 Å². The lowest BCUT2D eigenvalue weighted by molar-refractivity contribution is -0.132. The molecule has 1 aliphatic rings. The Bertz CT molecular complexity index is 1530. The molecule has 184 valence electrons. The fourth-order valence-corrected chi connectivity index (χ4v) is 4.93. The zero-order valence-corrected chi connectivity index (χ0v) is 20.3. The van der Waals surface area contributed by atoms with Gasteiger partial charge in [-0.2, -0.15) is 0 Å². The number of rotatable bonds is 6. The number of carboxylic acids is 1. The molecule has 0 radical (unpaired) electrons. The number of aliphatic hydroxyl groups is 1. The van der Waals surface area contributed by atoms with E-state index in [1.807, 2.05) is 17.5 Å². The summed E-state index contributed by atoms with van der Waals surface area (Å²) < 4.78 is 5.17. The van der Waals surface area contributed by atoms with Crippen molar-refractivity contribution in [3.05, 3.63) is 107 Å². The number of Topliss-reactive ketones (excluding diaryl/α,β-unsaturated/α-hetero) is 1. The Balaban J connectivity index is 1.68. The van der Waals surface area contributed by atoms with E-state index < -0.39 is 23.7 Å². The molecule has 5 rings (SSSR count). The van der Waals surface area contributed by atoms with Gasteiger partial charge in [0.05, 0.1) is 24.3 Å². The van der Waals surface area contributed by atoms with Crippen molar-refractivity contribution in [2.45, 2.75) is 6.04 Å². The van der Waals surface area contributed by atoms with Gasteiger partial charge < -0.3 is 14.9 Å². The Morgan fingerprint density at radius 2 is 1.70 bits per heavy atom. The highest BCUT2D eigenvalue weighted by atomic mass is 32.1. The predicted molar refractivity (Wildman–Crippen MR) is 139 cm³/mol. The molecule has 9 heteroatoms. The smallest absolute Gasteiger partial charge is 0.335 e. The van der Waals surface area contributed by atoms with Crippen LogP contribution in [0.3, 0.4) is 0 Å². The molecule has 0 bridgehead atoms. The van der Waals surface area contributed by atoms with Crippen LogP contribution in [0.25, 0.3) is 16.3 Å². The number of carboxylic acid groups (broad SMARTS) is 1. The maximum Gasteiger partial charge on any atom is 0.335 e. The van der Waals surface area contributed by atoms with Crippen LogP contribution in [0.5, 0.6) is 5.75 Å². The van der Waals surface area contributed by atoms with Crippen molar-refractivity contribution in [3.8, 4) is 16.3 Å². The molecule has 0 aliphatic carbocycles. The fraction of sp³-hybridized carbons (Fsp3) is 0.0714. The number of carbonyl (C=O) groups is 3. The van der Waals surface area contributed by atoms with Gasteiger partial charge in [0.25, 0.3) is 11.7 Å². The molecule has 1 amide bonds. The van der Waals surface area contributed by atoms with Crippen LogP contribution in [0.4, 0.5) is 5.69 Å². The lowest BCUT2D eigenvalue weighted by atomic mass is 9.94. The topological polar surface area (TPSA) is 117 Å². The Morgan fingerprint density at radius 3 is 2.32 bits per heavy atom. The van der Waals surface area contributed by atoms with Crippen molar-refractivity contribution in [1.29, 1.82) is 0 Å². The van der Waals surface area contributed by atoms with E-state index in [0.29, 0.717) is 16.9 Å². The number of nitrogens with zero attached hydrogens (tertiary/aromatic N) is 2. The van der Waals surface area contributed by atoms with Crippen LogP contribution in [0.15, 0.2) is 89.9 Å².